The molecule has 0 bridgehead atoms. The lowest BCUT2D eigenvalue weighted by molar-refractivity contribution is 0.180. The lowest BCUT2D eigenvalue weighted by atomic mass is 10.0. The van der Waals surface area contributed by atoms with Crippen molar-refractivity contribution < 1.29 is 13.2 Å². The molecule has 1 saturated heterocycles. The number of ether oxygens (including phenoxy) is 1. The molecule has 1 aliphatic heterocycles. The summed E-state index contributed by atoms with van der Waals surface area (Å²) in [4.78, 5) is 4.18. The summed E-state index contributed by atoms with van der Waals surface area (Å²) in [5.41, 5.74) is 0. The summed E-state index contributed by atoms with van der Waals surface area (Å²) in [5.74, 6) is 0.578. The molecule has 106 valence electrons. The van der Waals surface area contributed by atoms with Gasteiger partial charge in [-0.1, -0.05) is 0 Å². The highest BCUT2D eigenvalue weighted by atomic mass is 32.2. The first-order valence-electron chi connectivity index (χ1n) is 6.27. The summed E-state index contributed by atoms with van der Waals surface area (Å²) >= 11 is 0. The van der Waals surface area contributed by atoms with E-state index in [9.17, 15) is 8.42 Å². The first-order valence-corrected chi connectivity index (χ1v) is 7.76. The Morgan fingerprint density at radius 1 is 1.53 bits per heavy atom. The van der Waals surface area contributed by atoms with Gasteiger partial charge < -0.3 is 10.1 Å². The molecule has 0 aliphatic carbocycles. The maximum Gasteiger partial charge on any atom is 0.244 e. The molecule has 2 heterocycles. The van der Waals surface area contributed by atoms with Crippen LogP contribution in [0.2, 0.25) is 0 Å². The number of anilines is 1. The number of rotatable bonds is 5. The molecular weight excluding hydrogens is 266 g/mol. The summed E-state index contributed by atoms with van der Waals surface area (Å²) in [6.07, 6.45) is 2.44. The van der Waals surface area contributed by atoms with Gasteiger partial charge in [-0.15, -0.1) is 0 Å². The molecule has 0 saturated carbocycles. The van der Waals surface area contributed by atoms with Crippen LogP contribution in [0.15, 0.2) is 23.2 Å². The maximum atomic E-state index is 12.3. The second-order valence-electron chi connectivity index (χ2n) is 4.63. The van der Waals surface area contributed by atoms with E-state index in [2.05, 4.69) is 15.0 Å². The van der Waals surface area contributed by atoms with Gasteiger partial charge in [0.2, 0.25) is 10.0 Å². The minimum Gasteiger partial charge on any atom is -0.381 e. The quantitative estimate of drug-likeness (QED) is 0.837. The van der Waals surface area contributed by atoms with Gasteiger partial charge in [-0.05, 0) is 25.5 Å². The predicted molar refractivity (Wildman–Crippen MR) is 72.5 cm³/mol. The second-order valence-corrected chi connectivity index (χ2v) is 6.32. The van der Waals surface area contributed by atoms with E-state index in [1.165, 1.54) is 0 Å². The highest BCUT2D eigenvalue weighted by Crippen LogP contribution is 2.21. The molecular formula is C12H19N3O3S. The zero-order chi connectivity index (χ0) is 13.9. The van der Waals surface area contributed by atoms with Crippen molar-refractivity contribution in [2.24, 2.45) is 5.92 Å². The largest absolute Gasteiger partial charge is 0.381 e. The van der Waals surface area contributed by atoms with Gasteiger partial charge in [0.1, 0.15) is 10.7 Å². The van der Waals surface area contributed by atoms with Gasteiger partial charge >= 0.3 is 0 Å². The first-order chi connectivity index (χ1) is 9.04. The van der Waals surface area contributed by atoms with E-state index in [4.69, 9.17) is 4.74 Å². The van der Waals surface area contributed by atoms with Crippen LogP contribution in [-0.4, -0.2) is 39.7 Å². The van der Waals surface area contributed by atoms with Crippen molar-refractivity contribution in [2.45, 2.75) is 24.3 Å². The summed E-state index contributed by atoms with van der Waals surface area (Å²) in [5, 5.41) is 2.79. The predicted octanol–water partition coefficient (Wildman–Crippen LogP) is 0.827. The minimum absolute atomic E-state index is 0.155. The van der Waals surface area contributed by atoms with Crippen molar-refractivity contribution in [3.05, 3.63) is 18.3 Å². The zero-order valence-electron chi connectivity index (χ0n) is 11.1. The Morgan fingerprint density at radius 3 is 2.95 bits per heavy atom. The highest BCUT2D eigenvalue weighted by Gasteiger charge is 2.28. The fraction of sp³-hybridized carbons (Fsp3) is 0.583. The van der Waals surface area contributed by atoms with Gasteiger partial charge in [0.15, 0.2) is 0 Å². The lowest BCUT2D eigenvalue weighted by Gasteiger charge is -2.19. The van der Waals surface area contributed by atoms with Crippen LogP contribution >= 0.6 is 0 Å². The maximum absolute atomic E-state index is 12.3. The Kier molecular flexibility index (Phi) is 4.38. The van der Waals surface area contributed by atoms with Crippen molar-refractivity contribution in [3.63, 3.8) is 0 Å². The third kappa shape index (κ3) is 3.23. The molecule has 2 atom stereocenters. The van der Waals surface area contributed by atoms with Crippen LogP contribution < -0.4 is 10.0 Å². The molecule has 6 nitrogen and oxygen atoms in total. The van der Waals surface area contributed by atoms with Crippen molar-refractivity contribution >= 4 is 15.8 Å². The molecule has 2 rings (SSSR count). The minimum atomic E-state index is -3.57. The number of hydrogen-bond acceptors (Lipinski definition) is 5. The summed E-state index contributed by atoms with van der Waals surface area (Å²) in [6, 6.07) is 3.00. The van der Waals surface area contributed by atoms with Gasteiger partial charge in [-0.25, -0.2) is 18.1 Å². The average molecular weight is 285 g/mol. The second kappa shape index (κ2) is 5.85. The SMILES string of the molecule is CNc1ncccc1S(=O)(=O)NC(C)C1CCOC1. The third-order valence-corrected chi connectivity index (χ3v) is 4.90. The van der Waals surface area contributed by atoms with E-state index in [-0.39, 0.29) is 16.9 Å². The van der Waals surface area contributed by atoms with E-state index in [0.29, 0.717) is 19.0 Å². The van der Waals surface area contributed by atoms with Gasteiger partial charge in [0.05, 0.1) is 6.61 Å². The van der Waals surface area contributed by atoms with Gasteiger partial charge in [0, 0.05) is 31.8 Å². The third-order valence-electron chi connectivity index (χ3n) is 3.31. The summed E-state index contributed by atoms with van der Waals surface area (Å²) in [6.45, 7) is 3.17. The molecule has 2 N–H and O–H groups in total. The average Bonchev–Trinajstić information content (AvgIpc) is 2.92. The number of hydrogen-bond donors (Lipinski definition) is 2. The van der Waals surface area contributed by atoms with E-state index in [0.717, 1.165) is 6.42 Å². The summed E-state index contributed by atoms with van der Waals surface area (Å²) < 4.78 is 32.7. The molecule has 0 amide bonds. The molecule has 0 radical (unpaired) electrons. The first kappa shape index (κ1) is 14.2. The van der Waals surface area contributed by atoms with Crippen LogP contribution in [0, 0.1) is 5.92 Å². The van der Waals surface area contributed by atoms with Gasteiger partial charge in [-0.2, -0.15) is 0 Å². The fourth-order valence-corrected chi connectivity index (χ4v) is 3.62. The molecule has 0 spiro atoms. The molecule has 1 aromatic rings. The van der Waals surface area contributed by atoms with E-state index in [1.807, 2.05) is 6.92 Å². The fourth-order valence-electron chi connectivity index (χ4n) is 2.15. The van der Waals surface area contributed by atoms with E-state index < -0.39 is 10.0 Å². The molecule has 1 aliphatic rings. The summed E-state index contributed by atoms with van der Waals surface area (Å²) in [7, 11) is -1.92. The standard InChI is InChI=1S/C12H19N3O3S/c1-9(10-5-7-18-8-10)15-19(16,17)11-4-3-6-14-12(11)13-2/h3-4,6,9-10,15H,5,7-8H2,1-2H3,(H,13,14). The van der Waals surface area contributed by atoms with Gasteiger partial charge in [0.25, 0.3) is 0 Å². The molecule has 7 heteroatoms. The Bertz CT molecular complexity index is 527. The Labute approximate surface area is 113 Å². The number of nitrogens with zero attached hydrogens (tertiary/aromatic N) is 1. The number of aromatic nitrogens is 1. The van der Waals surface area contributed by atoms with Crippen molar-refractivity contribution in [1.82, 2.24) is 9.71 Å². The zero-order valence-corrected chi connectivity index (χ0v) is 11.9. The highest BCUT2D eigenvalue weighted by molar-refractivity contribution is 7.89. The van der Waals surface area contributed by atoms with Crippen molar-refractivity contribution in [2.75, 3.05) is 25.6 Å². The molecule has 0 aromatic carbocycles. The number of nitrogens with one attached hydrogen (secondary N) is 2. The lowest BCUT2D eigenvalue weighted by Crippen LogP contribution is -2.38. The Morgan fingerprint density at radius 2 is 2.32 bits per heavy atom. The van der Waals surface area contributed by atoms with Crippen molar-refractivity contribution in [1.29, 1.82) is 0 Å². The van der Waals surface area contributed by atoms with Gasteiger partial charge in [-0.3, -0.25) is 0 Å². The van der Waals surface area contributed by atoms with E-state index >= 15 is 0 Å². The van der Waals surface area contributed by atoms with Crippen LogP contribution in [0.1, 0.15) is 13.3 Å². The normalized spacial score (nSPS) is 21.3. The molecule has 1 aromatic heterocycles. The van der Waals surface area contributed by atoms with Crippen LogP contribution in [0.25, 0.3) is 0 Å². The Balaban J connectivity index is 2.17. The van der Waals surface area contributed by atoms with Crippen LogP contribution in [0.5, 0.6) is 0 Å². The van der Waals surface area contributed by atoms with Crippen LogP contribution in [-0.2, 0) is 14.8 Å². The molecule has 2 unspecified atom stereocenters. The smallest absolute Gasteiger partial charge is 0.244 e. The van der Waals surface area contributed by atoms with Crippen LogP contribution in [0.3, 0.4) is 0 Å². The topological polar surface area (TPSA) is 80.3 Å². The molecule has 19 heavy (non-hydrogen) atoms. The van der Waals surface area contributed by atoms with Crippen molar-refractivity contribution in [3.8, 4) is 0 Å². The Hall–Kier alpha value is -1.18. The van der Waals surface area contributed by atoms with E-state index in [1.54, 1.807) is 25.4 Å². The number of pyridine rings is 1. The monoisotopic (exact) mass is 285 g/mol. The molecule has 1 fully saturated rings. The number of sulfonamides is 1. The van der Waals surface area contributed by atoms with Crippen LogP contribution in [0.4, 0.5) is 5.82 Å².